The molecule has 0 aromatic rings. The van der Waals surface area contributed by atoms with Gasteiger partial charge in [0.1, 0.15) is 0 Å². The summed E-state index contributed by atoms with van der Waals surface area (Å²) >= 11 is 0. The lowest BCUT2D eigenvalue weighted by molar-refractivity contribution is -0.140. The van der Waals surface area contributed by atoms with E-state index in [1.54, 1.807) is 0 Å². The lowest BCUT2D eigenvalue weighted by Gasteiger charge is -1.99. The summed E-state index contributed by atoms with van der Waals surface area (Å²) in [4.78, 5) is 20.6. The van der Waals surface area contributed by atoms with Crippen LogP contribution in [0.3, 0.4) is 0 Å². The Balaban J connectivity index is 3.11. The van der Waals surface area contributed by atoms with Gasteiger partial charge in [-0.25, -0.2) is 0 Å². The molecule has 0 N–H and O–H groups in total. The van der Waals surface area contributed by atoms with Gasteiger partial charge >= 0.3 is 5.97 Å². The van der Waals surface area contributed by atoms with Crippen molar-refractivity contribution in [2.75, 3.05) is 7.11 Å². The molecule has 0 aromatic heterocycles. The predicted molar refractivity (Wildman–Crippen MR) is 58.2 cm³/mol. The smallest absolute Gasteiger partial charge is 0.305 e. The molecule has 0 saturated heterocycles. The first kappa shape index (κ1) is 13.7. The second-order valence-electron chi connectivity index (χ2n) is 3.28. The Morgan fingerprint density at radius 2 is 1.87 bits per heavy atom. The number of carbonyl (C=O) groups is 2. The van der Waals surface area contributed by atoms with Crippen molar-refractivity contribution in [3.05, 3.63) is 0 Å². The monoisotopic (exact) mass is 210 g/mol. The summed E-state index contributed by atoms with van der Waals surface area (Å²) in [5.41, 5.74) is 0. The van der Waals surface area contributed by atoms with Crippen LogP contribution in [0.5, 0.6) is 0 Å². The highest BCUT2D eigenvalue weighted by molar-refractivity contribution is 5.72. The number of hydrogen-bond donors (Lipinski definition) is 0. The maximum absolute atomic E-state index is 10.7. The van der Waals surface area contributed by atoms with Gasteiger partial charge in [-0.2, -0.15) is 0 Å². The van der Waals surface area contributed by atoms with Crippen molar-refractivity contribution in [3.63, 3.8) is 0 Å². The Morgan fingerprint density at radius 3 is 2.53 bits per heavy atom. The normalized spacial score (nSPS) is 8.87. The summed E-state index contributed by atoms with van der Waals surface area (Å²) < 4.78 is 4.53. The number of hydrogen-bond acceptors (Lipinski definition) is 3. The molecule has 0 saturated carbocycles. The van der Waals surface area contributed by atoms with Crippen molar-refractivity contribution in [2.24, 2.45) is 0 Å². The minimum absolute atomic E-state index is 0.133. The van der Waals surface area contributed by atoms with Crippen LogP contribution in [-0.4, -0.2) is 19.4 Å². The molecule has 0 aliphatic carbocycles. The van der Waals surface area contributed by atoms with Crippen LogP contribution in [-0.2, 0) is 14.3 Å². The summed E-state index contributed by atoms with van der Waals surface area (Å²) in [6, 6.07) is 0. The first-order chi connectivity index (χ1) is 7.31. The van der Waals surface area contributed by atoms with Gasteiger partial charge in [-0.05, 0) is 18.8 Å². The number of aldehydes is 1. The van der Waals surface area contributed by atoms with Crippen molar-refractivity contribution < 1.29 is 14.3 Å². The molecule has 0 aliphatic rings. The minimum Gasteiger partial charge on any atom is -0.469 e. The van der Waals surface area contributed by atoms with Gasteiger partial charge in [0.15, 0.2) is 6.29 Å². The highest BCUT2D eigenvalue weighted by atomic mass is 16.5. The highest BCUT2D eigenvalue weighted by Gasteiger charge is 1.98. The Kier molecular flexibility index (Phi) is 9.84. The topological polar surface area (TPSA) is 43.4 Å². The van der Waals surface area contributed by atoms with Gasteiger partial charge in [0.2, 0.25) is 0 Å². The van der Waals surface area contributed by atoms with E-state index in [1.165, 1.54) is 7.11 Å². The average Bonchev–Trinajstić information content (AvgIpc) is 2.26. The van der Waals surface area contributed by atoms with Gasteiger partial charge in [-0.15, -0.1) is 0 Å². The van der Waals surface area contributed by atoms with Crippen LogP contribution in [0.15, 0.2) is 0 Å². The molecule has 0 bridgehead atoms. The summed E-state index contributed by atoms with van der Waals surface area (Å²) in [5.74, 6) is 5.01. The second-order valence-corrected chi connectivity index (χ2v) is 3.28. The van der Waals surface area contributed by atoms with Crippen LogP contribution in [0.2, 0.25) is 0 Å². The quantitative estimate of drug-likeness (QED) is 0.280. The first-order valence-corrected chi connectivity index (χ1v) is 5.30. The van der Waals surface area contributed by atoms with Gasteiger partial charge in [0, 0.05) is 12.8 Å². The van der Waals surface area contributed by atoms with Crippen LogP contribution >= 0.6 is 0 Å². The zero-order chi connectivity index (χ0) is 11.4. The van der Waals surface area contributed by atoms with Crippen molar-refractivity contribution >= 4 is 12.3 Å². The third-order valence-electron chi connectivity index (χ3n) is 2.07. The molecule has 0 heterocycles. The number of esters is 1. The van der Waals surface area contributed by atoms with E-state index in [2.05, 4.69) is 16.6 Å². The summed E-state index contributed by atoms with van der Waals surface area (Å²) in [7, 11) is 1.41. The predicted octanol–water partition coefficient (Wildman–Crippen LogP) is 2.09. The lowest BCUT2D eigenvalue weighted by Crippen LogP contribution is -1.99. The summed E-state index contributed by atoms with van der Waals surface area (Å²) in [6.07, 6.45) is 7.12. The molecule has 3 heteroatoms. The van der Waals surface area contributed by atoms with Gasteiger partial charge < -0.3 is 4.74 Å². The molecule has 0 fully saturated rings. The zero-order valence-electron chi connectivity index (χ0n) is 9.25. The fourth-order valence-electron chi connectivity index (χ4n) is 1.23. The van der Waals surface area contributed by atoms with E-state index in [1.807, 2.05) is 0 Å². The van der Waals surface area contributed by atoms with E-state index in [-0.39, 0.29) is 5.97 Å². The molecule has 0 rings (SSSR count). The number of carbonyl (C=O) groups excluding carboxylic acids is 2. The molecule has 84 valence electrons. The highest BCUT2D eigenvalue weighted by Crippen LogP contribution is 2.07. The van der Waals surface area contributed by atoms with Crippen molar-refractivity contribution in [1.29, 1.82) is 0 Å². The van der Waals surface area contributed by atoms with Crippen LogP contribution in [0.1, 0.15) is 44.9 Å². The van der Waals surface area contributed by atoms with Crippen LogP contribution < -0.4 is 0 Å². The van der Waals surface area contributed by atoms with Crippen LogP contribution in [0.4, 0.5) is 0 Å². The van der Waals surface area contributed by atoms with Crippen molar-refractivity contribution in [2.45, 2.75) is 44.9 Å². The standard InChI is InChI=1S/C12H18O3/c1-15-12(14)10-8-6-4-2-3-5-7-9-11-13/h11H,2-6,8,10H2,1H3. The minimum atomic E-state index is -0.133. The molecule has 0 amide bonds. The molecule has 3 nitrogen and oxygen atoms in total. The molecule has 0 aliphatic heterocycles. The Morgan fingerprint density at radius 1 is 1.20 bits per heavy atom. The van der Waals surface area contributed by atoms with E-state index in [0.717, 1.165) is 38.5 Å². The maximum atomic E-state index is 10.7. The van der Waals surface area contributed by atoms with E-state index >= 15 is 0 Å². The van der Waals surface area contributed by atoms with Gasteiger partial charge in [-0.3, -0.25) is 9.59 Å². The SMILES string of the molecule is COC(=O)CCCCCCCC#CC=O. The lowest BCUT2D eigenvalue weighted by atomic mass is 10.1. The molecular formula is C12H18O3. The average molecular weight is 210 g/mol. The second kappa shape index (κ2) is 10.8. The Hall–Kier alpha value is -1.30. The number of unbranched alkanes of at least 4 members (excludes halogenated alkanes) is 5. The van der Waals surface area contributed by atoms with E-state index in [9.17, 15) is 9.59 Å². The van der Waals surface area contributed by atoms with E-state index in [0.29, 0.717) is 12.7 Å². The third-order valence-corrected chi connectivity index (χ3v) is 2.07. The number of ether oxygens (including phenoxy) is 1. The van der Waals surface area contributed by atoms with Crippen molar-refractivity contribution in [3.8, 4) is 11.8 Å². The fourth-order valence-corrected chi connectivity index (χ4v) is 1.23. The van der Waals surface area contributed by atoms with Crippen LogP contribution in [0.25, 0.3) is 0 Å². The van der Waals surface area contributed by atoms with Gasteiger partial charge in [0.25, 0.3) is 0 Å². The van der Waals surface area contributed by atoms with E-state index < -0.39 is 0 Å². The molecule has 0 spiro atoms. The van der Waals surface area contributed by atoms with E-state index in [4.69, 9.17) is 0 Å². The molecule has 0 atom stereocenters. The molecular weight excluding hydrogens is 192 g/mol. The molecule has 15 heavy (non-hydrogen) atoms. The molecule has 0 unspecified atom stereocenters. The molecule has 0 aromatic carbocycles. The summed E-state index contributed by atoms with van der Waals surface area (Å²) in [6.45, 7) is 0. The Labute approximate surface area is 91.2 Å². The summed E-state index contributed by atoms with van der Waals surface area (Å²) in [5, 5.41) is 0. The largest absolute Gasteiger partial charge is 0.469 e. The van der Waals surface area contributed by atoms with Gasteiger partial charge in [0.05, 0.1) is 7.11 Å². The molecule has 0 radical (unpaired) electrons. The van der Waals surface area contributed by atoms with Gasteiger partial charge in [-0.1, -0.05) is 25.2 Å². The van der Waals surface area contributed by atoms with Crippen molar-refractivity contribution in [1.82, 2.24) is 0 Å². The number of methoxy groups -OCH3 is 1. The van der Waals surface area contributed by atoms with Crippen LogP contribution in [0, 0.1) is 11.8 Å². The number of rotatable bonds is 7. The Bertz CT molecular complexity index is 235. The third kappa shape index (κ3) is 10.6. The maximum Gasteiger partial charge on any atom is 0.305 e. The zero-order valence-corrected chi connectivity index (χ0v) is 9.25. The fraction of sp³-hybridized carbons (Fsp3) is 0.667. The first-order valence-electron chi connectivity index (χ1n) is 5.30.